The van der Waals surface area contributed by atoms with Gasteiger partial charge >= 0.3 is 5.97 Å². The number of nitrogens with two attached hydrogens (primary N) is 1. The first-order valence-electron chi connectivity index (χ1n) is 11.8. The summed E-state index contributed by atoms with van der Waals surface area (Å²) in [4.78, 5) is 51.7. The van der Waals surface area contributed by atoms with Gasteiger partial charge in [-0.2, -0.15) is 0 Å². The number of benzene rings is 1. The largest absolute Gasteiger partial charge is 0.508 e. The number of amides is 3. The molecule has 1 fully saturated rings. The Morgan fingerprint density at radius 3 is 2.23 bits per heavy atom. The van der Waals surface area contributed by atoms with E-state index in [4.69, 9.17) is 5.73 Å². The Hall–Kier alpha value is -3.18. The zero-order chi connectivity index (χ0) is 26.3. The molecule has 3 amide bonds. The van der Waals surface area contributed by atoms with Gasteiger partial charge in [0.15, 0.2) is 0 Å². The first kappa shape index (κ1) is 28.1. The fraction of sp³-hybridized carbons (Fsp3) is 0.583. The predicted octanol–water partition coefficient (Wildman–Crippen LogP) is -0.266. The number of phenols is 1. The van der Waals surface area contributed by atoms with Gasteiger partial charge in [-0.3, -0.25) is 14.4 Å². The van der Waals surface area contributed by atoms with Crippen LogP contribution in [-0.4, -0.2) is 80.7 Å². The van der Waals surface area contributed by atoms with E-state index in [-0.39, 0.29) is 24.6 Å². The molecule has 0 radical (unpaired) electrons. The van der Waals surface area contributed by atoms with Crippen LogP contribution in [0.3, 0.4) is 0 Å². The molecule has 1 aromatic rings. The number of carbonyl (C=O) groups is 4. The highest BCUT2D eigenvalue weighted by Gasteiger charge is 2.40. The third-order valence-corrected chi connectivity index (χ3v) is 6.39. The molecule has 0 aliphatic carbocycles. The number of nitrogens with one attached hydrogen (secondary N) is 2. The van der Waals surface area contributed by atoms with Crippen LogP contribution < -0.4 is 16.4 Å². The van der Waals surface area contributed by atoms with E-state index >= 15 is 0 Å². The molecule has 11 nitrogen and oxygen atoms in total. The monoisotopic (exact) mass is 492 g/mol. The summed E-state index contributed by atoms with van der Waals surface area (Å²) >= 11 is 0. The summed E-state index contributed by atoms with van der Waals surface area (Å²) in [7, 11) is 0. The van der Waals surface area contributed by atoms with Crippen molar-refractivity contribution in [1.29, 1.82) is 0 Å². The highest BCUT2D eigenvalue weighted by atomic mass is 16.4. The molecule has 0 aromatic heterocycles. The number of carbonyl (C=O) groups excluding carboxylic acids is 3. The quantitative estimate of drug-likeness (QED) is 0.244. The summed E-state index contributed by atoms with van der Waals surface area (Å²) in [5, 5.41) is 34.1. The highest BCUT2D eigenvalue weighted by Crippen LogP contribution is 2.21. The number of hydrogen-bond donors (Lipinski definition) is 6. The molecule has 1 aliphatic rings. The minimum atomic E-state index is -1.37. The molecule has 0 saturated carbocycles. The maximum absolute atomic E-state index is 13.2. The number of phenolic OH excluding ortho intramolecular Hbond substituents is 1. The second kappa shape index (κ2) is 12.5. The standard InChI is InChI=1S/C24H36N4O7/c1-4-13(2)19(23(33)28-11-5-6-18(28)24(34)35)26-22(32)20(14(3)29)27-21(31)17(25)12-15-7-9-16(30)10-8-15/h7-10,13-14,17-20,29-30H,4-6,11-12,25H2,1-3H3,(H,26,32)(H,27,31)(H,34,35). The molecule has 1 saturated heterocycles. The molecule has 0 bridgehead atoms. The number of aliphatic hydroxyl groups is 1. The Balaban J connectivity index is 2.11. The molecule has 1 aliphatic heterocycles. The van der Waals surface area contributed by atoms with E-state index in [1.54, 1.807) is 19.1 Å². The summed E-state index contributed by atoms with van der Waals surface area (Å²) in [6, 6.07) is 1.80. The fourth-order valence-electron chi connectivity index (χ4n) is 4.04. The molecular formula is C24H36N4O7. The number of hydrogen-bond acceptors (Lipinski definition) is 7. The molecule has 6 unspecified atom stereocenters. The number of aliphatic carboxylic acids is 1. The van der Waals surface area contributed by atoms with Gasteiger partial charge in [0.1, 0.15) is 23.9 Å². The number of aliphatic hydroxyl groups excluding tert-OH is 1. The molecule has 0 spiro atoms. The highest BCUT2D eigenvalue weighted by molar-refractivity contribution is 5.94. The molecular weight excluding hydrogens is 456 g/mol. The van der Waals surface area contributed by atoms with Crippen LogP contribution in [0.2, 0.25) is 0 Å². The van der Waals surface area contributed by atoms with Crippen LogP contribution in [0.25, 0.3) is 0 Å². The Morgan fingerprint density at radius 1 is 1.09 bits per heavy atom. The van der Waals surface area contributed by atoms with Crippen molar-refractivity contribution >= 4 is 23.7 Å². The van der Waals surface area contributed by atoms with Gasteiger partial charge in [-0.05, 0) is 49.8 Å². The lowest BCUT2D eigenvalue weighted by atomic mass is 9.96. The number of carboxylic acids is 1. The minimum absolute atomic E-state index is 0.0756. The van der Waals surface area contributed by atoms with Crippen molar-refractivity contribution in [2.75, 3.05) is 6.54 Å². The van der Waals surface area contributed by atoms with Gasteiger partial charge in [-0.1, -0.05) is 32.4 Å². The average molecular weight is 493 g/mol. The molecule has 7 N–H and O–H groups in total. The van der Waals surface area contributed by atoms with Crippen molar-refractivity contribution in [1.82, 2.24) is 15.5 Å². The SMILES string of the molecule is CCC(C)C(NC(=O)C(NC(=O)C(N)Cc1ccc(O)cc1)C(C)O)C(=O)N1CCCC1C(=O)O. The lowest BCUT2D eigenvalue weighted by Gasteiger charge is -2.32. The van der Waals surface area contributed by atoms with Crippen molar-refractivity contribution in [2.45, 2.75) is 76.7 Å². The Bertz CT molecular complexity index is 906. The number of aromatic hydroxyl groups is 1. The van der Waals surface area contributed by atoms with Crippen LogP contribution in [0.1, 0.15) is 45.6 Å². The van der Waals surface area contributed by atoms with Crippen molar-refractivity contribution in [2.24, 2.45) is 11.7 Å². The van der Waals surface area contributed by atoms with Crippen molar-refractivity contribution in [3.05, 3.63) is 29.8 Å². The topological polar surface area (TPSA) is 182 Å². The van der Waals surface area contributed by atoms with Crippen LogP contribution in [0.15, 0.2) is 24.3 Å². The number of likely N-dealkylation sites (tertiary alicyclic amines) is 1. The van der Waals surface area contributed by atoms with Gasteiger partial charge in [-0.25, -0.2) is 4.79 Å². The van der Waals surface area contributed by atoms with E-state index in [0.717, 1.165) is 0 Å². The van der Waals surface area contributed by atoms with Crippen LogP contribution >= 0.6 is 0 Å². The van der Waals surface area contributed by atoms with E-state index in [0.29, 0.717) is 24.8 Å². The van der Waals surface area contributed by atoms with E-state index < -0.39 is 54.0 Å². The van der Waals surface area contributed by atoms with E-state index in [9.17, 15) is 34.5 Å². The summed E-state index contributed by atoms with van der Waals surface area (Å²) in [5.41, 5.74) is 6.68. The smallest absolute Gasteiger partial charge is 0.326 e. The molecule has 35 heavy (non-hydrogen) atoms. The third-order valence-electron chi connectivity index (χ3n) is 6.39. The zero-order valence-corrected chi connectivity index (χ0v) is 20.3. The number of nitrogens with zero attached hydrogens (tertiary/aromatic N) is 1. The average Bonchev–Trinajstić information content (AvgIpc) is 3.31. The Labute approximate surface area is 204 Å². The molecule has 6 atom stereocenters. The predicted molar refractivity (Wildman–Crippen MR) is 127 cm³/mol. The van der Waals surface area contributed by atoms with Crippen molar-refractivity contribution in [3.8, 4) is 5.75 Å². The van der Waals surface area contributed by atoms with Crippen LogP contribution in [0, 0.1) is 5.92 Å². The van der Waals surface area contributed by atoms with Crippen LogP contribution in [0.5, 0.6) is 5.75 Å². The molecule has 2 rings (SSSR count). The third kappa shape index (κ3) is 7.40. The van der Waals surface area contributed by atoms with Gasteiger partial charge in [0.2, 0.25) is 17.7 Å². The second-order valence-corrected chi connectivity index (χ2v) is 9.10. The summed E-state index contributed by atoms with van der Waals surface area (Å²) in [6.45, 7) is 5.21. The van der Waals surface area contributed by atoms with E-state index in [1.165, 1.54) is 24.0 Å². The lowest BCUT2D eigenvalue weighted by Crippen LogP contribution is -2.61. The maximum atomic E-state index is 13.2. The van der Waals surface area contributed by atoms with E-state index in [2.05, 4.69) is 10.6 Å². The molecule has 1 heterocycles. The molecule has 1 aromatic carbocycles. The second-order valence-electron chi connectivity index (χ2n) is 9.10. The minimum Gasteiger partial charge on any atom is -0.508 e. The molecule has 194 valence electrons. The number of rotatable bonds is 11. The van der Waals surface area contributed by atoms with Crippen LogP contribution in [0.4, 0.5) is 0 Å². The first-order valence-corrected chi connectivity index (χ1v) is 11.8. The van der Waals surface area contributed by atoms with Crippen LogP contribution in [-0.2, 0) is 25.6 Å². The van der Waals surface area contributed by atoms with Gasteiger partial charge in [0, 0.05) is 6.54 Å². The van der Waals surface area contributed by atoms with Gasteiger partial charge < -0.3 is 36.6 Å². The van der Waals surface area contributed by atoms with Gasteiger partial charge in [-0.15, -0.1) is 0 Å². The summed E-state index contributed by atoms with van der Waals surface area (Å²) < 4.78 is 0. The lowest BCUT2D eigenvalue weighted by molar-refractivity contribution is -0.150. The number of carboxylic acid groups (broad SMARTS) is 1. The normalized spacial score (nSPS) is 19.8. The zero-order valence-electron chi connectivity index (χ0n) is 20.3. The summed E-state index contributed by atoms with van der Waals surface area (Å²) in [6.07, 6.45) is 0.277. The first-order chi connectivity index (χ1) is 16.5. The summed E-state index contributed by atoms with van der Waals surface area (Å²) in [5.74, 6) is -3.28. The maximum Gasteiger partial charge on any atom is 0.326 e. The van der Waals surface area contributed by atoms with E-state index in [1.807, 2.05) is 6.92 Å². The Kier molecular flexibility index (Phi) is 10.0. The Morgan fingerprint density at radius 2 is 1.69 bits per heavy atom. The molecule has 11 heteroatoms. The van der Waals surface area contributed by atoms with Crippen molar-refractivity contribution in [3.63, 3.8) is 0 Å². The van der Waals surface area contributed by atoms with Gasteiger partial charge in [0.25, 0.3) is 0 Å². The van der Waals surface area contributed by atoms with Gasteiger partial charge in [0.05, 0.1) is 12.1 Å². The van der Waals surface area contributed by atoms with Crippen molar-refractivity contribution < 1.29 is 34.5 Å². The fourth-order valence-corrected chi connectivity index (χ4v) is 4.04.